The molecule has 2 heterocycles. The highest BCUT2D eigenvalue weighted by atomic mass is 32.2. The van der Waals surface area contributed by atoms with E-state index >= 15 is 0 Å². The van der Waals surface area contributed by atoms with E-state index in [-0.39, 0.29) is 10.8 Å². The van der Waals surface area contributed by atoms with Crippen LogP contribution in [0.15, 0.2) is 23.2 Å². The Bertz CT molecular complexity index is 595. The van der Waals surface area contributed by atoms with E-state index in [0.29, 0.717) is 32.0 Å². The zero-order valence-corrected chi connectivity index (χ0v) is 13.6. The Morgan fingerprint density at radius 1 is 1.23 bits per heavy atom. The molecule has 0 bridgehead atoms. The maximum absolute atomic E-state index is 12.5. The lowest BCUT2D eigenvalue weighted by atomic mass is 10.2. The van der Waals surface area contributed by atoms with Gasteiger partial charge in [0, 0.05) is 26.1 Å². The van der Waals surface area contributed by atoms with Gasteiger partial charge in [0.15, 0.2) is 0 Å². The molecule has 1 amide bonds. The van der Waals surface area contributed by atoms with Crippen LogP contribution in [0.4, 0.5) is 5.82 Å². The zero-order valence-electron chi connectivity index (χ0n) is 12.8. The van der Waals surface area contributed by atoms with Crippen molar-refractivity contribution in [3.05, 3.63) is 18.3 Å². The van der Waals surface area contributed by atoms with Gasteiger partial charge in [0.2, 0.25) is 15.9 Å². The van der Waals surface area contributed by atoms with Gasteiger partial charge < -0.3 is 5.32 Å². The monoisotopic (exact) mass is 327 g/mol. The number of rotatable bonds is 6. The summed E-state index contributed by atoms with van der Waals surface area (Å²) in [7, 11) is -3.40. The third-order valence-corrected chi connectivity index (χ3v) is 5.45. The lowest BCUT2D eigenvalue weighted by molar-refractivity contribution is -0.364. The summed E-state index contributed by atoms with van der Waals surface area (Å²) in [6, 6.07) is 3.30. The molecule has 1 aromatic rings. The number of nitrogens with zero attached hydrogens (tertiary/aromatic N) is 1. The normalized spacial score (nSPS) is 16.2. The van der Waals surface area contributed by atoms with Crippen LogP contribution < -0.4 is 15.6 Å². The van der Waals surface area contributed by atoms with Crippen LogP contribution >= 0.6 is 0 Å². The van der Waals surface area contributed by atoms with Crippen LogP contribution in [0.1, 0.15) is 26.2 Å². The second kappa shape index (κ2) is 7.55. The molecule has 1 saturated heterocycles. The van der Waals surface area contributed by atoms with Gasteiger partial charge in [-0.15, -0.1) is 0 Å². The number of carbonyl (C=O) groups is 1. The van der Waals surface area contributed by atoms with Gasteiger partial charge in [0.05, 0.1) is 6.54 Å². The molecule has 1 aliphatic heterocycles. The van der Waals surface area contributed by atoms with Crippen molar-refractivity contribution in [1.82, 2.24) is 9.62 Å². The molecule has 0 atom stereocenters. The van der Waals surface area contributed by atoms with Crippen LogP contribution in [0.3, 0.4) is 0 Å². The molecule has 0 aliphatic carbocycles. The molecule has 0 radical (unpaired) electrons. The van der Waals surface area contributed by atoms with E-state index in [4.69, 9.17) is 0 Å². The first-order chi connectivity index (χ1) is 10.5. The number of amides is 1. The van der Waals surface area contributed by atoms with Crippen molar-refractivity contribution < 1.29 is 18.2 Å². The first-order valence-electron chi connectivity index (χ1n) is 7.50. The molecular formula is C14H23N4O3S+. The predicted molar refractivity (Wildman–Crippen MR) is 82.8 cm³/mol. The number of piperidine rings is 1. The van der Waals surface area contributed by atoms with Crippen molar-refractivity contribution in [2.24, 2.45) is 0 Å². The molecule has 0 saturated carbocycles. The molecule has 1 aromatic heterocycles. The topological polar surface area (TPSA) is 92.7 Å². The number of carbonyl (C=O) groups excluding carboxylic acids is 1. The number of sulfonamides is 1. The van der Waals surface area contributed by atoms with Gasteiger partial charge in [0.25, 0.3) is 5.82 Å². The fraction of sp³-hybridized carbons (Fsp3) is 0.571. The Morgan fingerprint density at radius 3 is 2.55 bits per heavy atom. The molecule has 7 nitrogen and oxygen atoms in total. The zero-order chi connectivity index (χ0) is 16.0. The largest absolute Gasteiger partial charge is 0.352 e. The van der Waals surface area contributed by atoms with E-state index in [1.165, 1.54) is 13.1 Å². The Labute approximate surface area is 131 Å². The Morgan fingerprint density at radius 2 is 1.95 bits per heavy atom. The van der Waals surface area contributed by atoms with Crippen LogP contribution in [0.25, 0.3) is 0 Å². The maximum atomic E-state index is 12.5. The van der Waals surface area contributed by atoms with Crippen molar-refractivity contribution in [3.63, 3.8) is 0 Å². The van der Waals surface area contributed by atoms with Gasteiger partial charge in [-0.25, -0.2) is 13.4 Å². The second-order valence-electron chi connectivity index (χ2n) is 5.31. The maximum Gasteiger partial charge on any atom is 0.272 e. The quantitative estimate of drug-likeness (QED) is 0.731. The number of hydrogen-bond acceptors (Lipinski definition) is 4. The Balaban J connectivity index is 1.94. The Hall–Kier alpha value is -1.67. The van der Waals surface area contributed by atoms with Crippen LogP contribution in [-0.2, 0) is 14.8 Å². The van der Waals surface area contributed by atoms with Crippen molar-refractivity contribution in [2.75, 3.05) is 31.5 Å². The first kappa shape index (κ1) is 16.7. The highest BCUT2D eigenvalue weighted by Gasteiger charge is 2.26. The smallest absolute Gasteiger partial charge is 0.272 e. The van der Waals surface area contributed by atoms with Gasteiger partial charge in [0.1, 0.15) is 17.6 Å². The first-order valence-corrected chi connectivity index (χ1v) is 8.94. The van der Waals surface area contributed by atoms with Crippen LogP contribution in [0.2, 0.25) is 0 Å². The highest BCUT2D eigenvalue weighted by Crippen LogP contribution is 2.19. The number of aromatic amines is 1. The summed E-state index contributed by atoms with van der Waals surface area (Å²) < 4.78 is 26.5. The van der Waals surface area contributed by atoms with Crippen molar-refractivity contribution in [3.8, 4) is 0 Å². The van der Waals surface area contributed by atoms with E-state index in [2.05, 4.69) is 15.6 Å². The van der Waals surface area contributed by atoms with Gasteiger partial charge >= 0.3 is 0 Å². The van der Waals surface area contributed by atoms with Gasteiger partial charge in [-0.2, -0.15) is 4.31 Å². The molecule has 0 aromatic carbocycles. The van der Waals surface area contributed by atoms with Crippen molar-refractivity contribution in [1.29, 1.82) is 0 Å². The number of hydrogen-bond donors (Lipinski definition) is 2. The molecule has 2 rings (SSSR count). The van der Waals surface area contributed by atoms with Gasteiger partial charge in [-0.3, -0.25) is 10.1 Å². The molecule has 3 N–H and O–H groups in total. The summed E-state index contributed by atoms with van der Waals surface area (Å²) in [6.45, 7) is 3.73. The minimum Gasteiger partial charge on any atom is -0.352 e. The number of pyridine rings is 1. The van der Waals surface area contributed by atoms with E-state index < -0.39 is 10.0 Å². The lowest BCUT2D eigenvalue weighted by Gasteiger charge is -2.25. The molecule has 8 heteroatoms. The summed E-state index contributed by atoms with van der Waals surface area (Å²) in [6.07, 6.45) is 4.44. The van der Waals surface area contributed by atoms with Crippen LogP contribution in [0, 0.1) is 0 Å². The number of anilines is 1. The minimum absolute atomic E-state index is 0.0752. The van der Waals surface area contributed by atoms with Gasteiger partial charge in [-0.1, -0.05) is 6.42 Å². The summed E-state index contributed by atoms with van der Waals surface area (Å²) in [5.41, 5.74) is 0. The standard InChI is InChI=1S/C14H22N4O3S/c1-12(19)15-7-8-16-14-6-5-13(11-17-14)22(20,21)18-9-3-2-4-10-18/h5-6,11H,2-4,7-10H2,1H3,(H,15,19)(H,16,17)/p+1. The molecule has 1 aliphatic rings. The highest BCUT2D eigenvalue weighted by molar-refractivity contribution is 7.89. The molecule has 0 unspecified atom stereocenters. The van der Waals surface area contributed by atoms with Crippen molar-refractivity contribution in [2.45, 2.75) is 31.1 Å². The SMILES string of the molecule is CC(=O)NCCNc1ccc(S(=O)(=O)N2CCCCC2)c[nH+]1. The molecule has 1 fully saturated rings. The average molecular weight is 327 g/mol. The van der Waals surface area contributed by atoms with Gasteiger partial charge in [-0.05, 0) is 18.9 Å². The summed E-state index contributed by atoms with van der Waals surface area (Å²) in [5, 5.41) is 5.76. The van der Waals surface area contributed by atoms with E-state index in [0.717, 1.165) is 19.3 Å². The third-order valence-electron chi connectivity index (χ3n) is 3.55. The van der Waals surface area contributed by atoms with E-state index in [9.17, 15) is 13.2 Å². The van der Waals surface area contributed by atoms with Crippen LogP contribution in [0.5, 0.6) is 0 Å². The lowest BCUT2D eigenvalue weighted by Crippen LogP contribution is -2.36. The van der Waals surface area contributed by atoms with Crippen LogP contribution in [-0.4, -0.2) is 44.8 Å². The number of aromatic nitrogens is 1. The fourth-order valence-electron chi connectivity index (χ4n) is 2.37. The number of H-pyrrole nitrogens is 1. The third kappa shape index (κ3) is 4.41. The average Bonchev–Trinajstić information content (AvgIpc) is 2.53. The summed E-state index contributed by atoms with van der Waals surface area (Å²) >= 11 is 0. The summed E-state index contributed by atoms with van der Waals surface area (Å²) in [4.78, 5) is 14.0. The second-order valence-corrected chi connectivity index (χ2v) is 7.25. The van der Waals surface area contributed by atoms with E-state index in [1.54, 1.807) is 16.4 Å². The number of nitrogens with one attached hydrogen (secondary N) is 3. The molecule has 122 valence electrons. The molecule has 0 spiro atoms. The fourth-order valence-corrected chi connectivity index (χ4v) is 3.86. The van der Waals surface area contributed by atoms with Crippen molar-refractivity contribution >= 4 is 21.7 Å². The summed E-state index contributed by atoms with van der Waals surface area (Å²) in [5.74, 6) is 0.636. The van der Waals surface area contributed by atoms with E-state index in [1.807, 2.05) is 0 Å². The molecular weight excluding hydrogens is 304 g/mol. The minimum atomic E-state index is -3.40. The Kier molecular flexibility index (Phi) is 5.73. The predicted octanol–water partition coefficient (Wildman–Crippen LogP) is 0.223. The molecule has 22 heavy (non-hydrogen) atoms.